The maximum Gasteiger partial charge on any atom is 0.187 e. The van der Waals surface area contributed by atoms with Crippen LogP contribution in [0.4, 0.5) is 0 Å². The molecular weight excluding hydrogens is 515 g/mol. The molecule has 0 unspecified atom stereocenters. The molecule has 4 nitrogen and oxygen atoms in total. The minimum atomic E-state index is 0. The number of hydrogen-bond donors (Lipinski definition) is 0. The second kappa shape index (κ2) is 13.0. The summed E-state index contributed by atoms with van der Waals surface area (Å²) in [6, 6.07) is 0. The van der Waals surface area contributed by atoms with Crippen LogP contribution in [0.15, 0.2) is 112 Å². The van der Waals surface area contributed by atoms with Crippen LogP contribution in [-0.4, -0.2) is 40.2 Å². The Morgan fingerprint density at radius 3 is 1.49 bits per heavy atom. The molecule has 5 heteroatoms. The van der Waals surface area contributed by atoms with Crippen LogP contribution in [0.1, 0.15) is 107 Å². The molecule has 5 aliphatic heterocycles. The average Bonchev–Trinajstić information content (AvgIpc) is 3.73. The van der Waals surface area contributed by atoms with E-state index in [9.17, 15) is 0 Å². The van der Waals surface area contributed by atoms with E-state index >= 15 is 0 Å². The Kier molecular flexibility index (Phi) is 9.83. The van der Waals surface area contributed by atoms with E-state index in [0.717, 1.165) is 97.0 Å². The van der Waals surface area contributed by atoms with Gasteiger partial charge in [0.15, 0.2) is 17.4 Å². The highest BCUT2D eigenvalue weighted by Gasteiger charge is 2.33. The van der Waals surface area contributed by atoms with E-state index in [2.05, 4.69) is 79.7 Å². The summed E-state index contributed by atoms with van der Waals surface area (Å²) in [4.78, 5) is 21.2. The molecule has 0 aromatic carbocycles. The quantitative estimate of drug-likeness (QED) is 0.266. The summed E-state index contributed by atoms with van der Waals surface area (Å²) in [6.07, 6.45) is 16.1. The number of hydrogen-bond acceptors (Lipinski definition) is 4. The molecule has 0 amide bonds. The molecule has 0 saturated carbocycles. The largest absolute Gasteiger partial charge is 0.249 e. The summed E-state index contributed by atoms with van der Waals surface area (Å²) in [6.45, 7) is 18.1. The van der Waals surface area contributed by atoms with E-state index in [1.807, 2.05) is 0 Å². The topological polar surface area (TPSA) is 49.4 Å². The van der Waals surface area contributed by atoms with Crippen LogP contribution in [0.3, 0.4) is 0 Å². The van der Waals surface area contributed by atoms with Gasteiger partial charge < -0.3 is 0 Å². The zero-order valence-corrected chi connectivity index (χ0v) is 25.8. The predicted molar refractivity (Wildman–Crippen MR) is 182 cm³/mol. The fraction of sp³-hybridized carbons (Fsp3) is 0.444. The summed E-state index contributed by atoms with van der Waals surface area (Å²) in [5, 5.41) is 0. The van der Waals surface area contributed by atoms with Gasteiger partial charge in [0.2, 0.25) is 0 Å². The fourth-order valence-electron chi connectivity index (χ4n) is 6.92. The smallest absolute Gasteiger partial charge is 0.187 e. The molecule has 0 spiro atoms. The summed E-state index contributed by atoms with van der Waals surface area (Å²) >= 11 is 0. The lowest BCUT2D eigenvalue weighted by molar-refractivity contribution is 1.02. The highest BCUT2D eigenvalue weighted by Crippen LogP contribution is 2.43. The lowest BCUT2D eigenvalue weighted by Crippen LogP contribution is -2.07. The van der Waals surface area contributed by atoms with E-state index in [1.54, 1.807) is 0 Å². The van der Waals surface area contributed by atoms with Crippen molar-refractivity contribution in [3.05, 3.63) is 91.7 Å². The zero-order valence-electron chi connectivity index (χ0n) is 25.8. The first kappa shape index (κ1) is 31.1. The number of aliphatic imine (C=N–C) groups is 4. The van der Waals surface area contributed by atoms with Gasteiger partial charge in [0.05, 0.1) is 45.6 Å². The molecule has 5 aliphatic rings. The molecule has 0 fully saturated rings. The van der Waals surface area contributed by atoms with E-state index in [-0.39, 0.29) is 17.4 Å². The van der Waals surface area contributed by atoms with Gasteiger partial charge in [-0.3, -0.25) is 0 Å². The summed E-state index contributed by atoms with van der Waals surface area (Å²) < 4.78 is 0. The summed E-state index contributed by atoms with van der Waals surface area (Å²) in [5.41, 5.74) is 19.3. The van der Waals surface area contributed by atoms with Gasteiger partial charge in [-0.2, -0.15) is 0 Å². The van der Waals surface area contributed by atoms with Crippen molar-refractivity contribution in [2.24, 2.45) is 20.0 Å². The highest BCUT2D eigenvalue weighted by atomic mass is 27.0. The molecule has 0 saturated heterocycles. The Hall–Kier alpha value is -2.87. The Balaban J connectivity index is 0.00000387. The van der Waals surface area contributed by atoms with Gasteiger partial charge in [-0.15, -0.1) is 0 Å². The van der Waals surface area contributed by atoms with Crippen LogP contribution in [0.25, 0.3) is 0 Å². The molecule has 0 aromatic heterocycles. The molecule has 5 heterocycles. The third-order valence-corrected chi connectivity index (χ3v) is 8.77. The van der Waals surface area contributed by atoms with Crippen LogP contribution >= 0.6 is 0 Å². The second-order valence-electron chi connectivity index (χ2n) is 10.7. The molecule has 5 rings (SSSR count). The summed E-state index contributed by atoms with van der Waals surface area (Å²) in [7, 11) is 0. The van der Waals surface area contributed by atoms with Gasteiger partial charge in [-0.05, 0) is 109 Å². The van der Waals surface area contributed by atoms with Crippen LogP contribution < -0.4 is 0 Å². The van der Waals surface area contributed by atoms with Crippen LogP contribution in [0.5, 0.6) is 0 Å². The van der Waals surface area contributed by atoms with Crippen LogP contribution in [0, 0.1) is 0 Å². The minimum absolute atomic E-state index is 0. The molecule has 8 bridgehead atoms. The predicted octanol–water partition coefficient (Wildman–Crippen LogP) is 8.64. The Bertz CT molecular complexity index is 1540. The maximum absolute atomic E-state index is 5.54. The van der Waals surface area contributed by atoms with Crippen molar-refractivity contribution in [3.8, 4) is 0 Å². The van der Waals surface area contributed by atoms with Gasteiger partial charge >= 0.3 is 0 Å². The van der Waals surface area contributed by atoms with Gasteiger partial charge in [0.25, 0.3) is 0 Å². The highest BCUT2D eigenvalue weighted by molar-refractivity contribution is 6.22. The lowest BCUT2D eigenvalue weighted by atomic mass is 9.88. The number of fused-ring (bicyclic) bond motifs is 4. The van der Waals surface area contributed by atoms with Crippen molar-refractivity contribution in [3.63, 3.8) is 0 Å². The first-order chi connectivity index (χ1) is 19.5. The standard InChI is InChI=1S/C36H44N4.Al.3H/c1-9-23-25(11-3)33-29(15-7)35-27(13-5)28(14-6)36(40-35)30(16-8)34-26(12-4)24(10-2)32(39-34)20-22-18-17-21(37-22)19-31(23)38-33;;;;/h17-20H,9-16H2,1-8H3;;;;. The van der Waals surface area contributed by atoms with E-state index in [4.69, 9.17) is 20.0 Å². The maximum atomic E-state index is 5.54. The first-order valence-corrected chi connectivity index (χ1v) is 15.6. The molecule has 214 valence electrons. The van der Waals surface area contributed by atoms with Gasteiger partial charge in [0.1, 0.15) is 0 Å². The third kappa shape index (κ3) is 5.17. The fourth-order valence-corrected chi connectivity index (χ4v) is 6.92. The Morgan fingerprint density at radius 2 is 0.927 bits per heavy atom. The van der Waals surface area contributed by atoms with E-state index in [0.29, 0.717) is 0 Å². The molecule has 0 atom stereocenters. The Labute approximate surface area is 257 Å². The lowest BCUT2D eigenvalue weighted by Gasteiger charge is -2.14. The minimum Gasteiger partial charge on any atom is -0.249 e. The van der Waals surface area contributed by atoms with E-state index in [1.165, 1.54) is 44.6 Å². The molecule has 0 N–H and O–H groups in total. The average molecular weight is 563 g/mol. The monoisotopic (exact) mass is 562 g/mol. The van der Waals surface area contributed by atoms with Crippen molar-refractivity contribution >= 4 is 40.2 Å². The Morgan fingerprint density at radius 1 is 0.439 bits per heavy atom. The van der Waals surface area contributed by atoms with Gasteiger partial charge in [0, 0.05) is 11.1 Å². The molecule has 41 heavy (non-hydrogen) atoms. The number of allylic oxidation sites excluding steroid dienone is 12. The zero-order chi connectivity index (χ0) is 28.6. The van der Waals surface area contributed by atoms with Crippen LogP contribution in [0.2, 0.25) is 0 Å². The molecular formula is C36H47AlN4. The van der Waals surface area contributed by atoms with Crippen molar-refractivity contribution in [2.75, 3.05) is 0 Å². The van der Waals surface area contributed by atoms with Crippen molar-refractivity contribution in [1.82, 2.24) is 0 Å². The van der Waals surface area contributed by atoms with Crippen LogP contribution in [-0.2, 0) is 0 Å². The number of nitrogens with zero attached hydrogens (tertiary/aromatic N) is 4. The SMILES string of the molecule is CCC1=C(CC)C2=NC1=CC1=NC(=CC3=NC(=C(CC)C4=NC(=C2CC)C(CC)=C4CC)C(CC)=C3CC)C=C1.[AlH3]. The third-order valence-electron chi connectivity index (χ3n) is 8.77. The summed E-state index contributed by atoms with van der Waals surface area (Å²) in [5.74, 6) is 0. The van der Waals surface area contributed by atoms with Gasteiger partial charge in [-0.25, -0.2) is 20.0 Å². The molecule has 0 radical (unpaired) electrons. The molecule has 0 aromatic rings. The normalized spacial score (nSPS) is 20.1. The van der Waals surface area contributed by atoms with E-state index < -0.39 is 0 Å². The van der Waals surface area contributed by atoms with Crippen molar-refractivity contribution < 1.29 is 0 Å². The van der Waals surface area contributed by atoms with Gasteiger partial charge in [-0.1, -0.05) is 55.4 Å². The second-order valence-corrected chi connectivity index (χ2v) is 10.7. The molecule has 0 aliphatic carbocycles. The number of rotatable bonds is 8. The first-order valence-electron chi connectivity index (χ1n) is 15.6. The van der Waals surface area contributed by atoms with Crippen molar-refractivity contribution in [1.29, 1.82) is 0 Å². The van der Waals surface area contributed by atoms with Crippen molar-refractivity contribution in [2.45, 2.75) is 107 Å².